The SMILES string of the molecule is CCN(C(C)(C)C(=O)O)S(=O)(=O)c1c(C)n[nH]c1C. The molecule has 8 heteroatoms. The van der Waals surface area contributed by atoms with Crippen molar-refractivity contribution < 1.29 is 18.3 Å². The van der Waals surface area contributed by atoms with Gasteiger partial charge in [-0.05, 0) is 27.7 Å². The van der Waals surface area contributed by atoms with Gasteiger partial charge in [-0.15, -0.1) is 0 Å². The zero-order valence-electron chi connectivity index (χ0n) is 11.7. The number of nitrogens with zero attached hydrogens (tertiary/aromatic N) is 2. The van der Waals surface area contributed by atoms with Gasteiger partial charge in [0.15, 0.2) is 0 Å². The van der Waals surface area contributed by atoms with Crippen LogP contribution in [0.3, 0.4) is 0 Å². The lowest BCUT2D eigenvalue weighted by atomic mass is 10.1. The molecule has 7 nitrogen and oxygen atoms in total. The van der Waals surface area contributed by atoms with Crippen LogP contribution in [0, 0.1) is 13.8 Å². The van der Waals surface area contributed by atoms with Crippen LogP contribution in [-0.4, -0.2) is 46.1 Å². The van der Waals surface area contributed by atoms with Gasteiger partial charge in [-0.25, -0.2) is 8.42 Å². The van der Waals surface area contributed by atoms with Crippen LogP contribution in [0.5, 0.6) is 0 Å². The second kappa shape index (κ2) is 4.93. The van der Waals surface area contributed by atoms with Crippen LogP contribution in [0.15, 0.2) is 4.90 Å². The molecule has 0 aliphatic rings. The summed E-state index contributed by atoms with van der Waals surface area (Å²) < 4.78 is 26.2. The van der Waals surface area contributed by atoms with Gasteiger partial charge in [-0.1, -0.05) is 6.92 Å². The van der Waals surface area contributed by atoms with Gasteiger partial charge in [0, 0.05) is 6.54 Å². The molecular formula is C11H19N3O4S. The zero-order valence-corrected chi connectivity index (χ0v) is 12.5. The quantitative estimate of drug-likeness (QED) is 0.838. The minimum atomic E-state index is -3.91. The van der Waals surface area contributed by atoms with Crippen molar-refractivity contribution in [3.05, 3.63) is 11.4 Å². The molecule has 0 aliphatic carbocycles. The second-order valence-electron chi connectivity index (χ2n) is 4.80. The van der Waals surface area contributed by atoms with Crippen molar-refractivity contribution in [2.75, 3.05) is 6.54 Å². The van der Waals surface area contributed by atoms with Gasteiger partial charge >= 0.3 is 5.97 Å². The number of carbonyl (C=O) groups is 1. The lowest BCUT2D eigenvalue weighted by molar-refractivity contribution is -0.146. The van der Waals surface area contributed by atoms with Crippen LogP contribution in [0.25, 0.3) is 0 Å². The minimum Gasteiger partial charge on any atom is -0.480 e. The van der Waals surface area contributed by atoms with Gasteiger partial charge in [0.25, 0.3) is 0 Å². The summed E-state index contributed by atoms with van der Waals surface area (Å²) in [6.07, 6.45) is 0. The van der Waals surface area contributed by atoms with Gasteiger partial charge in [0.05, 0.1) is 11.4 Å². The Morgan fingerprint density at radius 3 is 2.26 bits per heavy atom. The minimum absolute atomic E-state index is 0.0451. The molecular weight excluding hydrogens is 270 g/mol. The summed E-state index contributed by atoms with van der Waals surface area (Å²) in [6.45, 7) is 7.55. The number of sulfonamides is 1. The first-order chi connectivity index (χ1) is 8.56. The molecule has 1 heterocycles. The average Bonchev–Trinajstić information content (AvgIpc) is 2.58. The Kier molecular flexibility index (Phi) is 4.06. The number of carboxylic acid groups (broad SMARTS) is 1. The van der Waals surface area contributed by atoms with Crippen LogP contribution < -0.4 is 0 Å². The smallest absolute Gasteiger partial charge is 0.324 e. The number of nitrogens with one attached hydrogen (secondary N) is 1. The zero-order chi connectivity index (χ0) is 15.0. The fourth-order valence-electron chi connectivity index (χ4n) is 2.00. The van der Waals surface area contributed by atoms with E-state index < -0.39 is 21.5 Å². The summed E-state index contributed by atoms with van der Waals surface area (Å²) in [7, 11) is -3.91. The van der Waals surface area contributed by atoms with E-state index in [4.69, 9.17) is 0 Å². The summed E-state index contributed by atoms with van der Waals surface area (Å²) in [5, 5.41) is 15.7. The molecule has 1 rings (SSSR count). The topological polar surface area (TPSA) is 103 Å². The van der Waals surface area contributed by atoms with Crippen molar-refractivity contribution in [1.82, 2.24) is 14.5 Å². The summed E-state index contributed by atoms with van der Waals surface area (Å²) in [5.74, 6) is -1.20. The third-order valence-electron chi connectivity index (χ3n) is 3.04. The van der Waals surface area contributed by atoms with Crippen LogP contribution in [0.4, 0.5) is 0 Å². The fraction of sp³-hybridized carbons (Fsp3) is 0.636. The molecule has 0 spiro atoms. The highest BCUT2D eigenvalue weighted by atomic mass is 32.2. The average molecular weight is 289 g/mol. The third kappa shape index (κ3) is 2.50. The Labute approximate surface area is 112 Å². The summed E-state index contributed by atoms with van der Waals surface area (Å²) in [5.41, 5.74) is -0.793. The standard InChI is InChI=1S/C11H19N3O4S/c1-6-14(11(4,5)10(15)16)19(17,18)9-7(2)12-13-8(9)3/h6H2,1-5H3,(H,12,13)(H,15,16). The number of likely N-dealkylation sites (N-methyl/N-ethyl adjacent to an activating group) is 1. The molecule has 2 N–H and O–H groups in total. The molecule has 0 radical (unpaired) electrons. The van der Waals surface area contributed by atoms with Crippen LogP contribution in [-0.2, 0) is 14.8 Å². The number of hydrogen-bond acceptors (Lipinski definition) is 4. The van der Waals surface area contributed by atoms with Crippen molar-refractivity contribution >= 4 is 16.0 Å². The predicted octanol–water partition coefficient (Wildman–Crippen LogP) is 0.900. The number of aromatic nitrogens is 2. The van der Waals surface area contributed by atoms with Crippen molar-refractivity contribution in [1.29, 1.82) is 0 Å². The molecule has 0 saturated heterocycles. The number of aliphatic carboxylic acids is 1. The molecule has 0 aliphatic heterocycles. The molecule has 0 unspecified atom stereocenters. The largest absolute Gasteiger partial charge is 0.480 e. The van der Waals surface area contributed by atoms with Gasteiger partial charge in [0.1, 0.15) is 10.4 Å². The van der Waals surface area contributed by atoms with Gasteiger partial charge in [0.2, 0.25) is 10.0 Å². The normalized spacial score (nSPS) is 12.9. The number of hydrogen-bond donors (Lipinski definition) is 2. The van der Waals surface area contributed by atoms with E-state index >= 15 is 0 Å². The van der Waals surface area contributed by atoms with Crippen LogP contribution in [0.2, 0.25) is 0 Å². The number of aromatic amines is 1. The van der Waals surface area contributed by atoms with E-state index in [1.807, 2.05) is 0 Å². The molecule has 0 saturated carbocycles. The maximum absolute atomic E-state index is 12.6. The van der Waals surface area contributed by atoms with Crippen LogP contribution in [0.1, 0.15) is 32.2 Å². The molecule has 108 valence electrons. The molecule has 0 fully saturated rings. The maximum Gasteiger partial charge on any atom is 0.324 e. The van der Waals surface area contributed by atoms with Gasteiger partial charge < -0.3 is 5.11 Å². The fourth-order valence-corrected chi connectivity index (χ4v) is 4.09. The van der Waals surface area contributed by atoms with E-state index in [9.17, 15) is 18.3 Å². The van der Waals surface area contributed by atoms with Crippen molar-refractivity contribution in [3.63, 3.8) is 0 Å². The Hall–Kier alpha value is -1.41. The summed E-state index contributed by atoms with van der Waals surface area (Å²) in [6, 6.07) is 0. The van der Waals surface area contributed by atoms with Gasteiger partial charge in [-0.2, -0.15) is 9.40 Å². The van der Waals surface area contributed by atoms with E-state index in [2.05, 4.69) is 10.2 Å². The number of rotatable bonds is 5. The van der Waals surface area contributed by atoms with E-state index in [1.54, 1.807) is 20.8 Å². The second-order valence-corrected chi connectivity index (χ2v) is 6.60. The Morgan fingerprint density at radius 2 is 1.95 bits per heavy atom. The molecule has 0 amide bonds. The van der Waals surface area contributed by atoms with E-state index in [0.29, 0.717) is 11.4 Å². The highest BCUT2D eigenvalue weighted by Gasteiger charge is 2.43. The van der Waals surface area contributed by atoms with E-state index in [1.165, 1.54) is 13.8 Å². The molecule has 0 aromatic carbocycles. The van der Waals surface area contributed by atoms with E-state index in [0.717, 1.165) is 4.31 Å². The van der Waals surface area contributed by atoms with Gasteiger partial charge in [-0.3, -0.25) is 9.89 Å². The first kappa shape index (κ1) is 15.6. The third-order valence-corrected chi connectivity index (χ3v) is 5.46. The Balaban J connectivity index is 3.45. The number of H-pyrrole nitrogens is 1. The monoisotopic (exact) mass is 289 g/mol. The molecule has 0 atom stereocenters. The maximum atomic E-state index is 12.6. The summed E-state index contributed by atoms with van der Waals surface area (Å²) >= 11 is 0. The van der Waals surface area contributed by atoms with E-state index in [-0.39, 0.29) is 11.4 Å². The first-order valence-electron chi connectivity index (χ1n) is 5.84. The molecule has 1 aromatic rings. The Bertz CT molecular complexity index is 570. The Morgan fingerprint density at radius 1 is 1.42 bits per heavy atom. The highest BCUT2D eigenvalue weighted by molar-refractivity contribution is 7.89. The van der Waals surface area contributed by atoms with Crippen molar-refractivity contribution in [2.24, 2.45) is 0 Å². The van der Waals surface area contributed by atoms with Crippen LogP contribution >= 0.6 is 0 Å². The molecule has 0 bridgehead atoms. The number of carboxylic acids is 1. The van der Waals surface area contributed by atoms with Crippen molar-refractivity contribution in [3.8, 4) is 0 Å². The number of aryl methyl sites for hydroxylation is 2. The highest BCUT2D eigenvalue weighted by Crippen LogP contribution is 2.27. The molecule has 1 aromatic heterocycles. The molecule has 19 heavy (non-hydrogen) atoms. The lowest BCUT2D eigenvalue weighted by Crippen LogP contribution is -2.52. The predicted molar refractivity (Wildman–Crippen MR) is 69.3 cm³/mol. The lowest BCUT2D eigenvalue weighted by Gasteiger charge is -2.33. The summed E-state index contributed by atoms with van der Waals surface area (Å²) in [4.78, 5) is 11.3. The first-order valence-corrected chi connectivity index (χ1v) is 7.28. The van der Waals surface area contributed by atoms with Crippen molar-refractivity contribution in [2.45, 2.75) is 45.1 Å².